The van der Waals surface area contributed by atoms with E-state index in [1.165, 1.54) is 17.7 Å². The normalized spacial score (nSPS) is 12.5. The zero-order chi connectivity index (χ0) is 26.9. The molecule has 3 aromatic heterocycles. The van der Waals surface area contributed by atoms with E-state index < -0.39 is 0 Å². The predicted molar refractivity (Wildman–Crippen MR) is 139 cm³/mol. The van der Waals surface area contributed by atoms with Gasteiger partial charge in [-0.15, -0.1) is 15.3 Å². The molecule has 0 aliphatic heterocycles. The first-order valence-electron chi connectivity index (χ1n) is 12.0. The lowest BCUT2D eigenvalue weighted by Crippen LogP contribution is -2.26. The number of nitrogens with two attached hydrogens (primary N) is 1. The van der Waals surface area contributed by atoms with Gasteiger partial charge in [0.1, 0.15) is 13.2 Å². The van der Waals surface area contributed by atoms with Crippen molar-refractivity contribution in [3.8, 4) is 5.88 Å². The lowest BCUT2D eigenvalue weighted by molar-refractivity contribution is -0.118. The highest BCUT2D eigenvalue weighted by Gasteiger charge is 2.17. The number of amides is 1. The standard InChI is InChI=1S/C26H29N7O5/c1-17(12-28-16-34)37-10-9-18-7-8-19(29-13-18)14-38-26-22-6-4-3-5-21(22)24-30-31-25(33(24)32-26)23(27)11-20(35)15-36-2/h3-8,11,13,16-17H,9-10,12,14-15,27H2,1-2H3,(H,28,34). The van der Waals surface area contributed by atoms with Crippen molar-refractivity contribution in [1.29, 1.82) is 0 Å². The number of aromatic nitrogens is 5. The lowest BCUT2D eigenvalue weighted by atomic mass is 10.2. The Kier molecular flexibility index (Phi) is 8.90. The first-order valence-corrected chi connectivity index (χ1v) is 12.0. The van der Waals surface area contributed by atoms with Crippen molar-refractivity contribution in [3.05, 3.63) is 65.8 Å². The van der Waals surface area contributed by atoms with Crippen LogP contribution in [0.15, 0.2) is 48.7 Å². The van der Waals surface area contributed by atoms with Crippen LogP contribution < -0.4 is 15.8 Å². The Bertz CT molecular complexity index is 1440. The average molecular weight is 520 g/mol. The number of carbonyl (C=O) groups is 2. The van der Waals surface area contributed by atoms with Crippen LogP contribution in [-0.4, -0.2) is 70.0 Å². The molecule has 12 heteroatoms. The van der Waals surface area contributed by atoms with Gasteiger partial charge in [0.2, 0.25) is 18.1 Å². The van der Waals surface area contributed by atoms with E-state index in [0.29, 0.717) is 37.5 Å². The molecular weight excluding hydrogens is 490 g/mol. The van der Waals surface area contributed by atoms with Gasteiger partial charge in [0.15, 0.2) is 11.4 Å². The van der Waals surface area contributed by atoms with Crippen LogP contribution in [0.2, 0.25) is 0 Å². The number of ether oxygens (including phenoxy) is 3. The molecule has 38 heavy (non-hydrogen) atoms. The van der Waals surface area contributed by atoms with E-state index in [2.05, 4.69) is 25.6 Å². The molecule has 1 amide bonds. The number of hydrogen-bond acceptors (Lipinski definition) is 10. The zero-order valence-corrected chi connectivity index (χ0v) is 21.2. The van der Waals surface area contributed by atoms with Crippen molar-refractivity contribution in [2.45, 2.75) is 26.1 Å². The number of nitrogens with one attached hydrogen (secondary N) is 1. The summed E-state index contributed by atoms with van der Waals surface area (Å²) in [5, 5.41) is 17.1. The molecular formula is C26H29N7O5. The predicted octanol–water partition coefficient (Wildman–Crippen LogP) is 1.46. The molecule has 0 fully saturated rings. The van der Waals surface area contributed by atoms with E-state index in [1.54, 1.807) is 6.20 Å². The van der Waals surface area contributed by atoms with E-state index in [4.69, 9.17) is 19.9 Å². The largest absolute Gasteiger partial charge is 0.470 e. The molecule has 0 radical (unpaired) electrons. The van der Waals surface area contributed by atoms with Crippen molar-refractivity contribution in [2.75, 3.05) is 26.9 Å². The number of hydrogen-bond donors (Lipinski definition) is 2. The van der Waals surface area contributed by atoms with Gasteiger partial charge in [0, 0.05) is 36.7 Å². The number of benzene rings is 1. The monoisotopic (exact) mass is 519 g/mol. The van der Waals surface area contributed by atoms with Crippen LogP contribution in [0.25, 0.3) is 22.1 Å². The molecule has 4 aromatic rings. The number of methoxy groups -OCH3 is 1. The number of carbonyl (C=O) groups excluding carboxylic acids is 2. The smallest absolute Gasteiger partial charge is 0.240 e. The van der Waals surface area contributed by atoms with Crippen LogP contribution in [0.1, 0.15) is 24.0 Å². The summed E-state index contributed by atoms with van der Waals surface area (Å²) in [5.41, 5.74) is 8.47. The summed E-state index contributed by atoms with van der Waals surface area (Å²) in [6.07, 6.45) is 4.32. The molecule has 0 saturated heterocycles. The van der Waals surface area contributed by atoms with Crippen molar-refractivity contribution in [3.63, 3.8) is 0 Å². The molecule has 3 heterocycles. The van der Waals surface area contributed by atoms with Gasteiger partial charge in [0.05, 0.1) is 24.1 Å². The summed E-state index contributed by atoms with van der Waals surface area (Å²) in [5.74, 6) is 0.271. The van der Waals surface area contributed by atoms with Gasteiger partial charge in [-0.1, -0.05) is 24.3 Å². The van der Waals surface area contributed by atoms with Gasteiger partial charge >= 0.3 is 0 Å². The maximum Gasteiger partial charge on any atom is 0.240 e. The number of rotatable bonds is 14. The Morgan fingerprint density at radius 3 is 2.74 bits per heavy atom. The summed E-state index contributed by atoms with van der Waals surface area (Å²) < 4.78 is 18.1. The van der Waals surface area contributed by atoms with E-state index in [0.717, 1.165) is 22.0 Å². The molecule has 198 valence electrons. The number of nitrogens with zero attached hydrogens (tertiary/aromatic N) is 5. The van der Waals surface area contributed by atoms with Gasteiger partial charge in [-0.2, -0.15) is 4.52 Å². The highest BCUT2D eigenvalue weighted by molar-refractivity contribution is 5.98. The highest BCUT2D eigenvalue weighted by atomic mass is 16.5. The van der Waals surface area contributed by atoms with Crippen LogP contribution in [0, 0.1) is 0 Å². The Morgan fingerprint density at radius 1 is 1.18 bits per heavy atom. The Morgan fingerprint density at radius 2 is 2.00 bits per heavy atom. The summed E-state index contributed by atoms with van der Waals surface area (Å²) in [4.78, 5) is 26.8. The lowest BCUT2D eigenvalue weighted by Gasteiger charge is -2.12. The molecule has 0 bridgehead atoms. The van der Waals surface area contributed by atoms with Crippen LogP contribution in [0.4, 0.5) is 0 Å². The van der Waals surface area contributed by atoms with E-state index in [-0.39, 0.29) is 36.6 Å². The second kappa shape index (κ2) is 12.7. The third-order valence-corrected chi connectivity index (χ3v) is 5.62. The van der Waals surface area contributed by atoms with Crippen molar-refractivity contribution in [2.24, 2.45) is 5.73 Å². The minimum Gasteiger partial charge on any atom is -0.470 e. The van der Waals surface area contributed by atoms with E-state index in [1.807, 2.05) is 43.3 Å². The molecule has 1 unspecified atom stereocenters. The fourth-order valence-corrected chi connectivity index (χ4v) is 3.74. The van der Waals surface area contributed by atoms with Gasteiger partial charge in [0.25, 0.3) is 0 Å². The van der Waals surface area contributed by atoms with Crippen LogP contribution >= 0.6 is 0 Å². The third kappa shape index (κ3) is 6.47. The van der Waals surface area contributed by atoms with E-state index in [9.17, 15) is 9.59 Å². The molecule has 12 nitrogen and oxygen atoms in total. The maximum absolute atomic E-state index is 12.0. The Balaban J connectivity index is 1.49. The Labute approximate surface area is 218 Å². The number of pyridine rings is 1. The van der Waals surface area contributed by atoms with Crippen LogP contribution in [0.3, 0.4) is 0 Å². The summed E-state index contributed by atoms with van der Waals surface area (Å²) in [7, 11) is 1.43. The minimum absolute atomic E-state index is 0.0663. The van der Waals surface area contributed by atoms with Crippen molar-refractivity contribution >= 4 is 34.3 Å². The molecule has 0 saturated carbocycles. The first kappa shape index (κ1) is 26.6. The fourth-order valence-electron chi connectivity index (χ4n) is 3.74. The summed E-state index contributed by atoms with van der Waals surface area (Å²) in [6, 6.07) is 11.4. The maximum atomic E-state index is 12.0. The summed E-state index contributed by atoms with van der Waals surface area (Å²) in [6.45, 7) is 2.98. The minimum atomic E-state index is -0.301. The van der Waals surface area contributed by atoms with Crippen LogP contribution in [0.5, 0.6) is 5.88 Å². The van der Waals surface area contributed by atoms with Crippen molar-refractivity contribution < 1.29 is 23.8 Å². The second-order valence-electron chi connectivity index (χ2n) is 8.51. The molecule has 1 atom stereocenters. The summed E-state index contributed by atoms with van der Waals surface area (Å²) >= 11 is 0. The quantitative estimate of drug-likeness (QED) is 0.185. The van der Waals surface area contributed by atoms with E-state index >= 15 is 0 Å². The molecule has 4 rings (SSSR count). The average Bonchev–Trinajstić information content (AvgIpc) is 3.36. The number of ketones is 1. The fraction of sp³-hybridized carbons (Fsp3) is 0.308. The van der Waals surface area contributed by atoms with Gasteiger partial charge < -0.3 is 25.3 Å². The van der Waals surface area contributed by atoms with Crippen molar-refractivity contribution in [1.82, 2.24) is 30.1 Å². The van der Waals surface area contributed by atoms with Crippen LogP contribution in [-0.2, 0) is 32.1 Å². The Hall–Kier alpha value is -4.42. The molecule has 0 aliphatic carbocycles. The molecule has 0 aliphatic rings. The number of fused-ring (bicyclic) bond motifs is 3. The molecule has 3 N–H and O–H groups in total. The molecule has 0 spiro atoms. The first-order chi connectivity index (χ1) is 18.5. The van der Waals surface area contributed by atoms with Gasteiger partial charge in [-0.3, -0.25) is 14.6 Å². The van der Waals surface area contributed by atoms with Gasteiger partial charge in [-0.25, -0.2) is 0 Å². The second-order valence-corrected chi connectivity index (χ2v) is 8.51. The van der Waals surface area contributed by atoms with Gasteiger partial charge in [-0.05, 0) is 31.0 Å². The SMILES string of the molecule is COCC(=O)C=C(N)c1nnc2c3ccccc3c(OCc3ccc(CCOC(C)CNC=O)cn3)nn12. The zero-order valence-electron chi connectivity index (χ0n) is 21.2. The highest BCUT2D eigenvalue weighted by Crippen LogP contribution is 2.27. The topological polar surface area (TPSA) is 156 Å². The molecule has 1 aromatic carbocycles. The third-order valence-electron chi connectivity index (χ3n) is 5.62.